The van der Waals surface area contributed by atoms with E-state index >= 15 is 0 Å². The highest BCUT2D eigenvalue weighted by molar-refractivity contribution is 5.96. The van der Waals surface area contributed by atoms with E-state index < -0.39 is 0 Å². The number of methoxy groups -OCH3 is 2. The van der Waals surface area contributed by atoms with Crippen LogP contribution in [0.15, 0.2) is 53.1 Å². The van der Waals surface area contributed by atoms with Crippen LogP contribution in [0.1, 0.15) is 18.2 Å². The second-order valence-electron chi connectivity index (χ2n) is 6.26. The molecule has 2 heterocycles. The van der Waals surface area contributed by atoms with Crippen LogP contribution in [0.3, 0.4) is 0 Å². The molecule has 4 rings (SSSR count). The fraction of sp³-hybridized carbons (Fsp3) is 0.250. The summed E-state index contributed by atoms with van der Waals surface area (Å²) in [5.41, 5.74) is 1.56. The van der Waals surface area contributed by atoms with Crippen molar-refractivity contribution in [3.8, 4) is 23.0 Å². The molecule has 7 nitrogen and oxygen atoms in total. The molecule has 7 heteroatoms. The van der Waals surface area contributed by atoms with Gasteiger partial charge in [-0.15, -0.1) is 0 Å². The lowest BCUT2D eigenvalue weighted by Crippen LogP contribution is -2.24. The van der Waals surface area contributed by atoms with Gasteiger partial charge < -0.3 is 18.9 Å². The first-order valence-corrected chi connectivity index (χ1v) is 8.61. The minimum absolute atomic E-state index is 0.0552. The number of hydrogen-bond donors (Lipinski definition) is 0. The van der Waals surface area contributed by atoms with E-state index in [0.29, 0.717) is 41.7 Å². The number of carbonyl (C=O) groups is 1. The summed E-state index contributed by atoms with van der Waals surface area (Å²) in [6.07, 6.45) is 0.355. The van der Waals surface area contributed by atoms with E-state index in [4.69, 9.17) is 14.0 Å². The third-order valence-electron chi connectivity index (χ3n) is 4.64. The summed E-state index contributed by atoms with van der Waals surface area (Å²) in [6, 6.07) is 15.0. The monoisotopic (exact) mass is 365 g/mol. The van der Waals surface area contributed by atoms with Crippen molar-refractivity contribution >= 4 is 11.6 Å². The van der Waals surface area contributed by atoms with Crippen molar-refractivity contribution in [3.05, 3.63) is 54.4 Å². The van der Waals surface area contributed by atoms with Crippen molar-refractivity contribution in [2.45, 2.75) is 12.3 Å². The van der Waals surface area contributed by atoms with Gasteiger partial charge >= 0.3 is 0 Å². The quantitative estimate of drug-likeness (QED) is 0.691. The number of nitrogens with zero attached hydrogens (tertiary/aromatic N) is 3. The van der Waals surface area contributed by atoms with E-state index in [1.165, 1.54) is 0 Å². The maximum Gasteiger partial charge on any atom is 0.261 e. The lowest BCUT2D eigenvalue weighted by Gasteiger charge is -2.15. The molecule has 0 saturated carbocycles. The molecule has 1 saturated heterocycles. The van der Waals surface area contributed by atoms with Crippen molar-refractivity contribution in [1.29, 1.82) is 0 Å². The minimum atomic E-state index is -0.112. The van der Waals surface area contributed by atoms with Crippen LogP contribution in [-0.4, -0.2) is 36.8 Å². The van der Waals surface area contributed by atoms with Gasteiger partial charge in [-0.1, -0.05) is 23.4 Å². The van der Waals surface area contributed by atoms with Crippen molar-refractivity contribution in [2.75, 3.05) is 25.7 Å². The Morgan fingerprint density at radius 3 is 2.67 bits per heavy atom. The molecular weight excluding hydrogens is 346 g/mol. The van der Waals surface area contributed by atoms with Gasteiger partial charge in [0.25, 0.3) is 5.89 Å². The Hall–Kier alpha value is -3.35. The van der Waals surface area contributed by atoms with Gasteiger partial charge in [-0.25, -0.2) is 0 Å². The lowest BCUT2D eigenvalue weighted by atomic mass is 10.1. The van der Waals surface area contributed by atoms with Gasteiger partial charge in [-0.3, -0.25) is 4.79 Å². The van der Waals surface area contributed by atoms with Crippen LogP contribution in [0, 0.1) is 0 Å². The number of aromatic nitrogens is 2. The van der Waals surface area contributed by atoms with E-state index in [0.717, 1.165) is 5.69 Å². The molecule has 138 valence electrons. The molecule has 1 atom stereocenters. The van der Waals surface area contributed by atoms with Crippen LogP contribution < -0.4 is 14.4 Å². The molecule has 2 aromatic carbocycles. The minimum Gasteiger partial charge on any atom is -0.497 e. The lowest BCUT2D eigenvalue weighted by molar-refractivity contribution is -0.117. The standard InChI is InChI=1S/C20H19N3O4/c1-25-15-8-9-16(17(11-15)26-2)20-21-19(22-27-20)13-10-18(24)23(12-13)14-6-4-3-5-7-14/h3-9,11,13H,10,12H2,1-2H3. The first-order valence-electron chi connectivity index (χ1n) is 8.61. The summed E-state index contributed by atoms with van der Waals surface area (Å²) in [4.78, 5) is 18.7. The molecule has 1 aliphatic rings. The number of amides is 1. The van der Waals surface area contributed by atoms with Crippen molar-refractivity contribution in [2.24, 2.45) is 0 Å². The topological polar surface area (TPSA) is 77.7 Å². The summed E-state index contributed by atoms with van der Waals surface area (Å²) in [6.45, 7) is 0.529. The predicted octanol–water partition coefficient (Wildman–Crippen LogP) is 3.27. The highest BCUT2D eigenvalue weighted by atomic mass is 16.5. The van der Waals surface area contributed by atoms with Crippen molar-refractivity contribution < 1.29 is 18.8 Å². The second kappa shape index (κ2) is 7.11. The van der Waals surface area contributed by atoms with Crippen LogP contribution in [-0.2, 0) is 4.79 Å². The zero-order valence-corrected chi connectivity index (χ0v) is 15.1. The highest BCUT2D eigenvalue weighted by Gasteiger charge is 2.34. The number of carbonyl (C=O) groups excluding carboxylic acids is 1. The summed E-state index contributed by atoms with van der Waals surface area (Å²) < 4.78 is 16.1. The van der Waals surface area contributed by atoms with Gasteiger partial charge in [-0.05, 0) is 24.3 Å². The van der Waals surface area contributed by atoms with E-state index in [1.54, 1.807) is 31.3 Å². The van der Waals surface area contributed by atoms with Crippen LogP contribution in [0.4, 0.5) is 5.69 Å². The van der Waals surface area contributed by atoms with Crippen LogP contribution in [0.2, 0.25) is 0 Å². The van der Waals surface area contributed by atoms with Crippen LogP contribution in [0.5, 0.6) is 11.5 Å². The molecule has 0 aliphatic carbocycles. The van der Waals surface area contributed by atoms with E-state index in [2.05, 4.69) is 10.1 Å². The Bertz CT molecular complexity index is 955. The van der Waals surface area contributed by atoms with E-state index in [9.17, 15) is 4.79 Å². The predicted molar refractivity (Wildman–Crippen MR) is 99.0 cm³/mol. The Balaban J connectivity index is 1.58. The highest BCUT2D eigenvalue weighted by Crippen LogP contribution is 2.35. The summed E-state index contributed by atoms with van der Waals surface area (Å²) in [5.74, 6) is 2.08. The number of anilines is 1. The fourth-order valence-corrected chi connectivity index (χ4v) is 3.22. The summed E-state index contributed by atoms with van der Waals surface area (Å²) in [7, 11) is 3.16. The van der Waals surface area contributed by atoms with Gasteiger partial charge in [0.05, 0.1) is 19.8 Å². The van der Waals surface area contributed by atoms with Gasteiger partial charge in [0.2, 0.25) is 5.91 Å². The maximum absolute atomic E-state index is 12.4. The number of hydrogen-bond acceptors (Lipinski definition) is 6. The average Bonchev–Trinajstić information content (AvgIpc) is 3.35. The molecule has 1 amide bonds. The third-order valence-corrected chi connectivity index (χ3v) is 4.64. The fourth-order valence-electron chi connectivity index (χ4n) is 3.22. The zero-order chi connectivity index (χ0) is 18.8. The first kappa shape index (κ1) is 17.1. The largest absolute Gasteiger partial charge is 0.497 e. The molecule has 1 aromatic heterocycles. The Morgan fingerprint density at radius 2 is 1.93 bits per heavy atom. The van der Waals surface area contributed by atoms with E-state index in [-0.39, 0.29) is 11.8 Å². The van der Waals surface area contributed by atoms with Crippen LogP contribution in [0.25, 0.3) is 11.5 Å². The van der Waals surface area contributed by atoms with Gasteiger partial charge in [0.1, 0.15) is 11.5 Å². The number of ether oxygens (including phenoxy) is 2. The van der Waals surface area contributed by atoms with Gasteiger partial charge in [0, 0.05) is 30.6 Å². The SMILES string of the molecule is COc1ccc(-c2nc(C3CC(=O)N(c4ccccc4)C3)no2)c(OC)c1. The smallest absolute Gasteiger partial charge is 0.261 e. The maximum atomic E-state index is 12.4. The van der Waals surface area contributed by atoms with Gasteiger partial charge in [-0.2, -0.15) is 4.98 Å². The average molecular weight is 365 g/mol. The Labute approximate surface area is 156 Å². The molecule has 3 aromatic rings. The number of para-hydroxylation sites is 1. The summed E-state index contributed by atoms with van der Waals surface area (Å²) >= 11 is 0. The van der Waals surface area contributed by atoms with Crippen molar-refractivity contribution in [3.63, 3.8) is 0 Å². The molecular formula is C20H19N3O4. The molecule has 27 heavy (non-hydrogen) atoms. The zero-order valence-electron chi connectivity index (χ0n) is 15.1. The van der Waals surface area contributed by atoms with Crippen molar-refractivity contribution in [1.82, 2.24) is 10.1 Å². The molecule has 1 fully saturated rings. The Kier molecular flexibility index (Phi) is 4.50. The second-order valence-corrected chi connectivity index (χ2v) is 6.26. The molecule has 0 N–H and O–H groups in total. The molecule has 1 aliphatic heterocycles. The van der Waals surface area contributed by atoms with Gasteiger partial charge in [0.15, 0.2) is 5.82 Å². The molecule has 0 spiro atoms. The number of rotatable bonds is 5. The third kappa shape index (κ3) is 3.23. The molecule has 1 unspecified atom stereocenters. The normalized spacial score (nSPS) is 16.6. The Morgan fingerprint density at radius 1 is 1.11 bits per heavy atom. The van der Waals surface area contributed by atoms with Crippen LogP contribution >= 0.6 is 0 Å². The van der Waals surface area contributed by atoms with E-state index in [1.807, 2.05) is 36.4 Å². The molecule has 0 bridgehead atoms. The summed E-state index contributed by atoms with van der Waals surface area (Å²) in [5, 5.41) is 4.10. The number of benzene rings is 2. The first-order chi connectivity index (χ1) is 13.2. The molecule has 0 radical (unpaired) electrons.